The molecule has 1 aliphatic carbocycles. The summed E-state index contributed by atoms with van der Waals surface area (Å²) >= 11 is 0. The Balaban J connectivity index is 1.73. The monoisotopic (exact) mass is 393 g/mol. The number of hydrogen-bond acceptors (Lipinski definition) is 2. The topological polar surface area (TPSA) is 48.1 Å². The van der Waals surface area contributed by atoms with Gasteiger partial charge in [0, 0.05) is 41.1 Å². The average molecular weight is 393 g/mol. The van der Waals surface area contributed by atoms with E-state index < -0.39 is 18.1 Å². The first-order valence-corrected chi connectivity index (χ1v) is 9.93. The minimum Gasteiger partial charge on any atom is -0.358 e. The molecular weight excluding hydrogens is 367 g/mol. The lowest BCUT2D eigenvalue weighted by molar-refractivity contribution is -0.174. The number of H-pyrrole nitrogens is 1. The zero-order valence-corrected chi connectivity index (χ0v) is 16.4. The van der Waals surface area contributed by atoms with E-state index in [4.69, 9.17) is 0 Å². The zero-order chi connectivity index (χ0) is 20.2. The van der Waals surface area contributed by atoms with Crippen molar-refractivity contribution in [1.82, 2.24) is 15.2 Å². The van der Waals surface area contributed by atoms with Crippen LogP contribution in [0.2, 0.25) is 0 Å². The van der Waals surface area contributed by atoms with Crippen molar-refractivity contribution in [3.63, 3.8) is 0 Å². The number of benzene rings is 1. The molecule has 1 saturated heterocycles. The van der Waals surface area contributed by atoms with Crippen molar-refractivity contribution < 1.29 is 18.0 Å². The minimum atomic E-state index is -4.85. The molecule has 0 radical (unpaired) electrons. The van der Waals surface area contributed by atoms with E-state index in [1.807, 2.05) is 0 Å². The van der Waals surface area contributed by atoms with Crippen LogP contribution >= 0.6 is 0 Å². The molecule has 0 bridgehead atoms. The predicted octanol–water partition coefficient (Wildman–Crippen LogP) is 3.96. The molecule has 1 aromatic heterocycles. The van der Waals surface area contributed by atoms with Gasteiger partial charge in [0.05, 0.1) is 0 Å². The summed E-state index contributed by atoms with van der Waals surface area (Å²) in [7, 11) is 0. The van der Waals surface area contributed by atoms with Crippen molar-refractivity contribution in [1.29, 1.82) is 0 Å². The smallest absolute Gasteiger partial charge is 0.358 e. The van der Waals surface area contributed by atoms with E-state index >= 15 is 0 Å². The second kappa shape index (κ2) is 6.79. The number of piperidine rings is 1. The number of nitrogens with zero attached hydrogens (tertiary/aromatic N) is 1. The van der Waals surface area contributed by atoms with Crippen LogP contribution in [0.3, 0.4) is 0 Å². The molecule has 1 aromatic carbocycles. The highest BCUT2D eigenvalue weighted by molar-refractivity contribution is 5.92. The number of fused-ring (bicyclic) bond motifs is 2. The van der Waals surface area contributed by atoms with Gasteiger partial charge in [0.15, 0.2) is 0 Å². The summed E-state index contributed by atoms with van der Waals surface area (Å²) in [5.41, 5.74) is 6.01. The highest BCUT2D eigenvalue weighted by Gasteiger charge is 2.44. The van der Waals surface area contributed by atoms with Gasteiger partial charge in [0.2, 0.25) is 0 Å². The van der Waals surface area contributed by atoms with Gasteiger partial charge in [-0.3, -0.25) is 9.69 Å². The van der Waals surface area contributed by atoms with Crippen molar-refractivity contribution in [2.75, 3.05) is 13.1 Å². The van der Waals surface area contributed by atoms with Crippen molar-refractivity contribution >= 4 is 16.8 Å². The number of aromatic nitrogens is 1. The molecule has 1 aliphatic heterocycles. The summed E-state index contributed by atoms with van der Waals surface area (Å²) in [6.07, 6.45) is -2.49. The van der Waals surface area contributed by atoms with Gasteiger partial charge in [-0.1, -0.05) is 19.1 Å². The van der Waals surface area contributed by atoms with Crippen LogP contribution in [0.5, 0.6) is 0 Å². The summed E-state index contributed by atoms with van der Waals surface area (Å²) in [6, 6.07) is 3.97. The molecule has 152 valence electrons. The van der Waals surface area contributed by atoms with Gasteiger partial charge in [-0.15, -0.1) is 0 Å². The second-order valence-corrected chi connectivity index (χ2v) is 8.23. The van der Waals surface area contributed by atoms with Crippen molar-refractivity contribution in [2.24, 2.45) is 0 Å². The third-order valence-electron chi connectivity index (χ3n) is 6.36. The molecule has 4 nitrogen and oxygen atoms in total. The van der Waals surface area contributed by atoms with Gasteiger partial charge in [-0.05, 0) is 56.3 Å². The molecule has 0 saturated carbocycles. The summed E-state index contributed by atoms with van der Waals surface area (Å²) in [5.74, 6) is -1.72. The third kappa shape index (κ3) is 3.09. The number of alkyl halides is 3. The molecule has 2 aromatic rings. The number of aromatic amines is 1. The Labute approximate surface area is 162 Å². The number of halogens is 3. The van der Waals surface area contributed by atoms with E-state index in [0.29, 0.717) is 13.0 Å². The number of carbonyl (C=O) groups excluding carboxylic acids is 1. The van der Waals surface area contributed by atoms with Crippen LogP contribution in [0.4, 0.5) is 13.2 Å². The van der Waals surface area contributed by atoms with Gasteiger partial charge in [-0.2, -0.15) is 13.2 Å². The van der Waals surface area contributed by atoms with Gasteiger partial charge in [0.1, 0.15) is 0 Å². The molecule has 2 N–H and O–H groups in total. The molecule has 28 heavy (non-hydrogen) atoms. The first kappa shape index (κ1) is 19.3. The van der Waals surface area contributed by atoms with E-state index in [1.165, 1.54) is 27.8 Å². The van der Waals surface area contributed by atoms with Gasteiger partial charge < -0.3 is 10.3 Å². The van der Waals surface area contributed by atoms with E-state index in [2.05, 4.69) is 48.1 Å². The number of hydrogen-bond donors (Lipinski definition) is 2. The summed E-state index contributed by atoms with van der Waals surface area (Å²) in [6.45, 7) is 7.52. The molecule has 4 rings (SSSR count). The number of carbonyl (C=O) groups is 1. The van der Waals surface area contributed by atoms with E-state index in [9.17, 15) is 18.0 Å². The number of likely N-dealkylation sites (tertiary alicyclic amines) is 1. The second-order valence-electron chi connectivity index (χ2n) is 8.23. The summed E-state index contributed by atoms with van der Waals surface area (Å²) in [4.78, 5) is 17.3. The molecule has 2 heterocycles. The highest BCUT2D eigenvalue weighted by atomic mass is 19.4. The normalized spacial score (nSPS) is 25.0. The SMILES string of the molecule is CCCN1C[C@@H](NC(=O)C(F)(F)F)CC2c3ccc(C)c4[nH]c(C)c(c34)C[C@H]21. The minimum absolute atomic E-state index is 0.115. The van der Waals surface area contributed by atoms with Gasteiger partial charge in [-0.25, -0.2) is 0 Å². The summed E-state index contributed by atoms with van der Waals surface area (Å²) in [5, 5.41) is 3.47. The largest absolute Gasteiger partial charge is 0.471 e. The Morgan fingerprint density at radius 1 is 1.32 bits per heavy atom. The lowest BCUT2D eigenvalue weighted by atomic mass is 9.73. The van der Waals surface area contributed by atoms with Gasteiger partial charge >= 0.3 is 12.1 Å². The number of rotatable bonds is 3. The lowest BCUT2D eigenvalue weighted by Gasteiger charge is -2.47. The lowest BCUT2D eigenvalue weighted by Crippen LogP contribution is -2.57. The number of nitrogens with one attached hydrogen (secondary N) is 2. The Hall–Kier alpha value is -2.02. The Morgan fingerprint density at radius 3 is 2.75 bits per heavy atom. The van der Waals surface area contributed by atoms with E-state index in [-0.39, 0.29) is 12.0 Å². The van der Waals surface area contributed by atoms with Crippen LogP contribution in [0, 0.1) is 13.8 Å². The molecule has 2 aliphatic rings. The van der Waals surface area contributed by atoms with E-state index in [0.717, 1.165) is 24.9 Å². The molecule has 0 spiro atoms. The van der Waals surface area contributed by atoms with E-state index in [1.54, 1.807) is 0 Å². The first-order valence-electron chi connectivity index (χ1n) is 9.93. The molecule has 1 fully saturated rings. The molecule has 7 heteroatoms. The fourth-order valence-corrected chi connectivity index (χ4v) is 5.17. The third-order valence-corrected chi connectivity index (χ3v) is 6.36. The Kier molecular flexibility index (Phi) is 4.68. The maximum atomic E-state index is 12.8. The summed E-state index contributed by atoms with van der Waals surface area (Å²) < 4.78 is 38.3. The number of amides is 1. The highest BCUT2D eigenvalue weighted by Crippen LogP contribution is 2.45. The fourth-order valence-electron chi connectivity index (χ4n) is 5.17. The maximum absolute atomic E-state index is 12.8. The zero-order valence-electron chi connectivity index (χ0n) is 16.4. The van der Waals surface area contributed by atoms with Crippen LogP contribution in [0.1, 0.15) is 48.1 Å². The standard InChI is InChI=1S/C21H26F3N3O/c1-4-7-27-10-13(26-20(28)21(22,23)24)8-16-14-6-5-11(2)19-18(14)15(9-17(16)27)12(3)25-19/h5-6,13,16-17,25H,4,7-10H2,1-3H3,(H,26,28)/t13-,16?,17+/m0/s1. The molecular formula is C21H26F3N3O. The predicted molar refractivity (Wildman–Crippen MR) is 102 cm³/mol. The number of aryl methyl sites for hydroxylation is 2. The molecule has 3 atom stereocenters. The molecule has 1 amide bonds. The van der Waals surface area contributed by atoms with Gasteiger partial charge in [0.25, 0.3) is 0 Å². The van der Waals surface area contributed by atoms with Crippen molar-refractivity contribution in [3.8, 4) is 0 Å². The average Bonchev–Trinajstić information content (AvgIpc) is 2.95. The first-order chi connectivity index (χ1) is 13.2. The van der Waals surface area contributed by atoms with Crippen LogP contribution < -0.4 is 5.32 Å². The Bertz CT molecular complexity index is 918. The van der Waals surface area contributed by atoms with Crippen LogP contribution in [-0.4, -0.2) is 47.1 Å². The van der Waals surface area contributed by atoms with Crippen LogP contribution in [-0.2, 0) is 11.2 Å². The van der Waals surface area contributed by atoms with Crippen molar-refractivity contribution in [2.45, 2.75) is 64.2 Å². The van der Waals surface area contributed by atoms with Crippen LogP contribution in [0.15, 0.2) is 12.1 Å². The Morgan fingerprint density at radius 2 is 2.07 bits per heavy atom. The molecule has 1 unspecified atom stereocenters. The quantitative estimate of drug-likeness (QED) is 0.829. The fraction of sp³-hybridized carbons (Fsp3) is 0.571. The van der Waals surface area contributed by atoms with Crippen molar-refractivity contribution in [3.05, 3.63) is 34.5 Å². The maximum Gasteiger partial charge on any atom is 0.471 e. The van der Waals surface area contributed by atoms with Crippen LogP contribution in [0.25, 0.3) is 10.9 Å².